The molecule has 11 aromatic rings. The van der Waals surface area contributed by atoms with Crippen LogP contribution in [-0.2, 0) is 0 Å². The van der Waals surface area contributed by atoms with Gasteiger partial charge in [-0.3, -0.25) is 0 Å². The molecule has 11 rings (SSSR count). The van der Waals surface area contributed by atoms with Crippen LogP contribution < -0.4 is 0 Å². The van der Waals surface area contributed by atoms with Crippen LogP contribution in [0.3, 0.4) is 0 Å². The van der Waals surface area contributed by atoms with Crippen LogP contribution in [0.15, 0.2) is 176 Å². The van der Waals surface area contributed by atoms with Crippen LogP contribution in [0.25, 0.3) is 103 Å². The average Bonchev–Trinajstić information content (AvgIpc) is 3.79. The minimum Gasteiger partial charge on any atom is -0.309 e. The zero-order valence-electron chi connectivity index (χ0n) is 28.0. The maximum atomic E-state index is 5.10. The summed E-state index contributed by atoms with van der Waals surface area (Å²) in [5, 5.41) is 10.3. The van der Waals surface area contributed by atoms with E-state index in [1.54, 1.807) is 0 Å². The van der Waals surface area contributed by atoms with Crippen molar-refractivity contribution < 1.29 is 0 Å². The first-order valence-electron chi connectivity index (χ1n) is 17.6. The van der Waals surface area contributed by atoms with E-state index in [1.807, 2.05) is 23.5 Å². The van der Waals surface area contributed by atoms with E-state index in [-0.39, 0.29) is 0 Å². The third-order valence-electron chi connectivity index (χ3n) is 10.4. The van der Waals surface area contributed by atoms with Gasteiger partial charge in [-0.05, 0) is 52.6 Å². The van der Waals surface area contributed by atoms with Crippen LogP contribution in [0, 0.1) is 0 Å². The van der Waals surface area contributed by atoms with Gasteiger partial charge in [-0.2, -0.15) is 0 Å². The summed E-state index contributed by atoms with van der Waals surface area (Å²) in [4.78, 5) is 10.2. The molecular formula is C48H29N3S. The first kappa shape index (κ1) is 29.1. The lowest BCUT2D eigenvalue weighted by Crippen LogP contribution is -1.97. The lowest BCUT2D eigenvalue weighted by atomic mass is 9.99. The summed E-state index contributed by atoms with van der Waals surface area (Å²) in [5.74, 6) is 0.707. The van der Waals surface area contributed by atoms with Crippen molar-refractivity contribution >= 4 is 74.9 Å². The Morgan fingerprint density at radius 3 is 1.71 bits per heavy atom. The average molecular weight is 680 g/mol. The molecule has 0 bridgehead atoms. The molecule has 0 fully saturated rings. The van der Waals surface area contributed by atoms with E-state index < -0.39 is 0 Å². The molecule has 0 saturated carbocycles. The fourth-order valence-corrected chi connectivity index (χ4v) is 9.39. The Morgan fingerprint density at radius 1 is 0.404 bits per heavy atom. The summed E-state index contributed by atoms with van der Waals surface area (Å²) in [6, 6.07) is 62.7. The highest BCUT2D eigenvalue weighted by Gasteiger charge is 2.22. The van der Waals surface area contributed by atoms with E-state index in [9.17, 15) is 0 Å². The number of hydrogen-bond donors (Lipinski definition) is 0. The second-order valence-electron chi connectivity index (χ2n) is 13.3. The molecule has 0 aliphatic heterocycles. The molecule has 52 heavy (non-hydrogen) atoms. The Balaban J connectivity index is 1.18. The summed E-state index contributed by atoms with van der Waals surface area (Å²) in [7, 11) is 0. The van der Waals surface area contributed by atoms with Gasteiger partial charge in [0.05, 0.1) is 22.4 Å². The third-order valence-corrected chi connectivity index (χ3v) is 11.7. The van der Waals surface area contributed by atoms with Crippen molar-refractivity contribution in [2.24, 2.45) is 0 Å². The fraction of sp³-hybridized carbons (Fsp3) is 0. The van der Waals surface area contributed by atoms with Gasteiger partial charge in [0.25, 0.3) is 0 Å². The van der Waals surface area contributed by atoms with Crippen LogP contribution >= 0.6 is 11.3 Å². The molecule has 4 heteroatoms. The maximum absolute atomic E-state index is 5.10. The molecule has 242 valence electrons. The van der Waals surface area contributed by atoms with Crippen LogP contribution in [0.1, 0.15) is 0 Å². The second-order valence-corrected chi connectivity index (χ2v) is 14.4. The van der Waals surface area contributed by atoms with Gasteiger partial charge in [-0.1, -0.05) is 140 Å². The lowest BCUT2D eigenvalue weighted by Gasteiger charge is -2.12. The van der Waals surface area contributed by atoms with Crippen molar-refractivity contribution in [3.63, 3.8) is 0 Å². The van der Waals surface area contributed by atoms with Gasteiger partial charge in [0.1, 0.15) is 0 Å². The van der Waals surface area contributed by atoms with Crippen molar-refractivity contribution in [3.05, 3.63) is 176 Å². The Hall–Kier alpha value is -6.62. The molecule has 3 aromatic heterocycles. The largest absolute Gasteiger partial charge is 0.309 e. The highest BCUT2D eigenvalue weighted by atomic mass is 32.1. The number of aromatic nitrogens is 3. The van der Waals surface area contributed by atoms with Gasteiger partial charge in [0, 0.05) is 58.7 Å². The molecule has 0 aliphatic rings. The van der Waals surface area contributed by atoms with E-state index in [4.69, 9.17) is 9.97 Å². The highest BCUT2D eigenvalue weighted by molar-refractivity contribution is 7.27. The van der Waals surface area contributed by atoms with Crippen LogP contribution in [0.4, 0.5) is 0 Å². The summed E-state index contributed by atoms with van der Waals surface area (Å²) >= 11 is 1.92. The van der Waals surface area contributed by atoms with E-state index >= 15 is 0 Å². The predicted octanol–water partition coefficient (Wildman–Crippen LogP) is 13.2. The maximum Gasteiger partial charge on any atom is 0.160 e. The summed E-state index contributed by atoms with van der Waals surface area (Å²) in [5.41, 5.74) is 8.46. The topological polar surface area (TPSA) is 30.7 Å². The number of nitrogens with zero attached hydrogens (tertiary/aromatic N) is 3. The Morgan fingerprint density at radius 2 is 1.00 bits per heavy atom. The summed E-state index contributed by atoms with van der Waals surface area (Å²) in [6.45, 7) is 0. The normalized spacial score (nSPS) is 11.8. The fourth-order valence-electron chi connectivity index (χ4n) is 8.02. The third kappa shape index (κ3) is 4.38. The zero-order valence-corrected chi connectivity index (χ0v) is 28.8. The SMILES string of the molecule is c1ccc(-c2cc(-c3ccccc3)nc(-c3ccc(-n4c5ccccc5c5c6ccccc6c6sc7c8ccccc8ccc7c6c54)cc3)n2)cc1. The van der Waals surface area contributed by atoms with Crippen LogP contribution in [0.2, 0.25) is 0 Å². The van der Waals surface area contributed by atoms with Crippen molar-refractivity contribution in [1.82, 2.24) is 14.5 Å². The van der Waals surface area contributed by atoms with E-state index in [0.29, 0.717) is 5.82 Å². The lowest BCUT2D eigenvalue weighted by molar-refractivity contribution is 1.17. The van der Waals surface area contributed by atoms with Gasteiger partial charge in [-0.15, -0.1) is 11.3 Å². The molecule has 0 unspecified atom stereocenters. The smallest absolute Gasteiger partial charge is 0.160 e. The van der Waals surface area contributed by atoms with Gasteiger partial charge < -0.3 is 4.57 Å². The standard InChI is InChI=1S/C48H29N3S/c1-3-14-31(15-4-1)40-29-41(32-16-5-2-6-17-32)50-48(49-40)33-23-26-34(27-24-33)51-42-22-12-11-21-38(42)43-36-19-9-10-20-37(36)47-44(45(43)51)39-28-25-30-13-7-8-18-35(30)46(39)52-47/h1-29H. The van der Waals surface area contributed by atoms with Gasteiger partial charge in [0.2, 0.25) is 0 Å². The molecule has 0 aliphatic carbocycles. The van der Waals surface area contributed by atoms with Gasteiger partial charge in [0.15, 0.2) is 5.82 Å². The molecule has 0 saturated heterocycles. The molecular weight excluding hydrogens is 651 g/mol. The van der Waals surface area contributed by atoms with Crippen molar-refractivity contribution in [2.45, 2.75) is 0 Å². The van der Waals surface area contributed by atoms with Gasteiger partial charge >= 0.3 is 0 Å². The highest BCUT2D eigenvalue weighted by Crippen LogP contribution is 2.49. The molecule has 0 amide bonds. The van der Waals surface area contributed by atoms with Crippen molar-refractivity contribution in [3.8, 4) is 39.6 Å². The van der Waals surface area contributed by atoms with E-state index in [1.165, 1.54) is 63.5 Å². The number of rotatable bonds is 4. The molecule has 0 radical (unpaired) electrons. The van der Waals surface area contributed by atoms with Crippen LogP contribution in [0.5, 0.6) is 0 Å². The molecule has 0 N–H and O–H groups in total. The second kappa shape index (κ2) is 11.5. The molecule has 3 heterocycles. The van der Waals surface area contributed by atoms with E-state index in [0.717, 1.165) is 33.8 Å². The number of hydrogen-bond acceptors (Lipinski definition) is 3. The number of fused-ring (bicyclic) bond motifs is 12. The molecule has 0 spiro atoms. The monoisotopic (exact) mass is 679 g/mol. The van der Waals surface area contributed by atoms with Gasteiger partial charge in [-0.25, -0.2) is 9.97 Å². The number of benzene rings is 8. The Kier molecular flexibility index (Phi) is 6.42. The quantitative estimate of drug-likeness (QED) is 0.185. The summed E-state index contributed by atoms with van der Waals surface area (Å²) in [6.07, 6.45) is 0. The first-order chi connectivity index (χ1) is 25.8. The summed E-state index contributed by atoms with van der Waals surface area (Å²) < 4.78 is 5.14. The zero-order chi connectivity index (χ0) is 34.2. The minimum atomic E-state index is 0.707. The first-order valence-corrected chi connectivity index (χ1v) is 18.4. The number of para-hydroxylation sites is 1. The number of thiophene rings is 1. The Labute approximate surface area is 303 Å². The Bertz CT molecular complexity index is 3100. The minimum absolute atomic E-state index is 0.707. The molecule has 3 nitrogen and oxygen atoms in total. The van der Waals surface area contributed by atoms with E-state index in [2.05, 4.69) is 168 Å². The molecule has 8 aromatic carbocycles. The molecule has 0 atom stereocenters. The predicted molar refractivity (Wildman–Crippen MR) is 221 cm³/mol. The van der Waals surface area contributed by atoms with Crippen molar-refractivity contribution in [1.29, 1.82) is 0 Å². The van der Waals surface area contributed by atoms with Crippen LogP contribution in [-0.4, -0.2) is 14.5 Å². The van der Waals surface area contributed by atoms with Crippen molar-refractivity contribution in [2.75, 3.05) is 0 Å².